The predicted octanol–water partition coefficient (Wildman–Crippen LogP) is 1.07. The lowest BCUT2D eigenvalue weighted by molar-refractivity contribution is -0.291. The van der Waals surface area contributed by atoms with Crippen molar-refractivity contribution < 1.29 is 48.6 Å². The van der Waals surface area contributed by atoms with Crippen LogP contribution in [0.25, 0.3) is 0 Å². The van der Waals surface area contributed by atoms with Gasteiger partial charge in [0.1, 0.15) is 17.5 Å². The molecule has 12 heteroatoms. The minimum atomic E-state index is -1.74. The van der Waals surface area contributed by atoms with Crippen LogP contribution in [-0.2, 0) is 33.3 Å². The van der Waals surface area contributed by atoms with Crippen molar-refractivity contribution in [1.29, 1.82) is 0 Å². The van der Waals surface area contributed by atoms with Crippen LogP contribution < -0.4 is 0 Å². The van der Waals surface area contributed by atoms with Crippen molar-refractivity contribution in [1.82, 2.24) is 9.80 Å². The molecule has 260 valence electrons. The third kappa shape index (κ3) is 7.00. The van der Waals surface area contributed by atoms with E-state index < -0.39 is 77.5 Å². The van der Waals surface area contributed by atoms with Crippen molar-refractivity contribution in [3.8, 4) is 0 Å². The quantitative estimate of drug-likeness (QED) is 0.369. The highest BCUT2D eigenvalue weighted by atomic mass is 16.7. The first kappa shape index (κ1) is 36.6. The molecule has 3 saturated heterocycles. The standard InChI is InChI=1S/C33H58N2O10/c1-17-16-32(7,41-10)28(45-31-24(34(8)9)23(15-18(2)43-31)35-11-13-42-14-12-35)20(4)26(37)21(5)30(39)44-29-22(6)33(29,40)27(38)19(3)25(17)36/h17-24,26-29,31,37-38,40H,11-16H2,1-10H3/t17-,18-,19+,20+,21-,22?,23-,24+,26+,27-,28-,29-,31+,32+,33+/m1/s1. The van der Waals surface area contributed by atoms with Crippen molar-refractivity contribution in [2.75, 3.05) is 47.5 Å². The van der Waals surface area contributed by atoms with Gasteiger partial charge in [-0.1, -0.05) is 27.7 Å². The van der Waals surface area contributed by atoms with Gasteiger partial charge in [-0.3, -0.25) is 14.5 Å². The Hall–Kier alpha value is -1.22. The second kappa shape index (κ2) is 14.1. The molecule has 1 saturated carbocycles. The summed E-state index contributed by atoms with van der Waals surface area (Å²) < 4.78 is 30.9. The molecule has 1 aliphatic carbocycles. The molecule has 15 atom stereocenters. The van der Waals surface area contributed by atoms with Gasteiger partial charge < -0.3 is 43.9 Å². The van der Waals surface area contributed by atoms with Gasteiger partial charge in [-0.15, -0.1) is 0 Å². The molecule has 0 amide bonds. The summed E-state index contributed by atoms with van der Waals surface area (Å²) in [5.41, 5.74) is -2.86. The molecule has 1 unspecified atom stereocenters. The molecular weight excluding hydrogens is 584 g/mol. The number of carbonyl (C=O) groups excluding carboxylic acids is 2. The number of methoxy groups -OCH3 is 1. The highest BCUT2D eigenvalue weighted by Crippen LogP contribution is 2.51. The highest BCUT2D eigenvalue weighted by molar-refractivity contribution is 5.84. The number of aliphatic hydroxyl groups excluding tert-OH is 2. The number of hydrogen-bond acceptors (Lipinski definition) is 12. The first-order valence-electron chi connectivity index (χ1n) is 16.7. The third-order valence-corrected chi connectivity index (χ3v) is 11.3. The highest BCUT2D eigenvalue weighted by Gasteiger charge is 2.70. The van der Waals surface area contributed by atoms with Crippen molar-refractivity contribution in [3.05, 3.63) is 0 Å². The predicted molar refractivity (Wildman–Crippen MR) is 165 cm³/mol. The molecule has 4 rings (SSSR count). The number of aliphatic hydroxyl groups is 3. The SMILES string of the molecule is CO[C@@]1(C)C[C@@H](C)C(=O)[C@H](C)[C@@H](O)[C@@]2(O)C(C)[C@H]2OC(=O)[C@H](C)[C@@H](O)[C@H](C)[C@H]1O[C@@H]1O[C@H](C)C[C@@H](N2CCOCC2)[C@@H]1N(C)C. The summed E-state index contributed by atoms with van der Waals surface area (Å²) in [5, 5.41) is 34.1. The van der Waals surface area contributed by atoms with E-state index in [2.05, 4.69) is 9.80 Å². The third-order valence-electron chi connectivity index (χ3n) is 11.3. The maximum atomic E-state index is 13.7. The fourth-order valence-electron chi connectivity index (χ4n) is 8.17. The van der Waals surface area contributed by atoms with Gasteiger partial charge in [0, 0.05) is 49.9 Å². The van der Waals surface area contributed by atoms with Crippen LogP contribution in [0.5, 0.6) is 0 Å². The van der Waals surface area contributed by atoms with E-state index in [1.54, 1.807) is 34.8 Å². The van der Waals surface area contributed by atoms with Crippen molar-refractivity contribution >= 4 is 11.8 Å². The van der Waals surface area contributed by atoms with Gasteiger partial charge in [0.2, 0.25) is 0 Å². The summed E-state index contributed by atoms with van der Waals surface area (Å²) in [7, 11) is 5.55. The maximum Gasteiger partial charge on any atom is 0.311 e. The van der Waals surface area contributed by atoms with Gasteiger partial charge in [-0.05, 0) is 47.7 Å². The number of nitrogens with zero attached hydrogens (tertiary/aromatic N) is 2. The number of ketones is 1. The van der Waals surface area contributed by atoms with Crippen LogP contribution in [0.3, 0.4) is 0 Å². The average molecular weight is 643 g/mol. The lowest BCUT2D eigenvalue weighted by atomic mass is 9.75. The second-order valence-corrected chi connectivity index (χ2v) is 14.7. The fraction of sp³-hybridized carbons (Fsp3) is 0.939. The molecule has 12 nitrogen and oxygen atoms in total. The van der Waals surface area contributed by atoms with Crippen LogP contribution >= 0.6 is 0 Å². The minimum absolute atomic E-state index is 0.109. The van der Waals surface area contributed by atoms with Crippen LogP contribution in [0.1, 0.15) is 61.3 Å². The summed E-state index contributed by atoms with van der Waals surface area (Å²) in [6, 6.07) is -0.0373. The van der Waals surface area contributed by atoms with E-state index in [1.807, 2.05) is 34.9 Å². The molecule has 0 aromatic rings. The Kier molecular flexibility index (Phi) is 11.5. The molecule has 0 radical (unpaired) electrons. The van der Waals surface area contributed by atoms with E-state index in [4.69, 9.17) is 23.7 Å². The molecule has 45 heavy (non-hydrogen) atoms. The Morgan fingerprint density at radius 1 is 1.00 bits per heavy atom. The van der Waals surface area contributed by atoms with Crippen molar-refractivity contribution in [2.24, 2.45) is 29.6 Å². The molecule has 0 spiro atoms. The largest absolute Gasteiger partial charge is 0.458 e. The summed E-state index contributed by atoms with van der Waals surface area (Å²) in [6.45, 7) is 15.3. The molecule has 3 aliphatic heterocycles. The van der Waals surface area contributed by atoms with Crippen LogP contribution in [0.2, 0.25) is 0 Å². The lowest BCUT2D eigenvalue weighted by Gasteiger charge is -2.51. The molecule has 0 bridgehead atoms. The number of Topliss-reactive ketones (excluding diaryl/α,β-unsaturated/α-hetero) is 1. The van der Waals surface area contributed by atoms with Crippen LogP contribution in [0.4, 0.5) is 0 Å². The molecular formula is C33H58N2O10. The molecule has 0 aromatic carbocycles. The molecule has 0 aromatic heterocycles. The van der Waals surface area contributed by atoms with Crippen LogP contribution in [-0.4, -0.2) is 144 Å². The van der Waals surface area contributed by atoms with E-state index in [9.17, 15) is 24.9 Å². The Morgan fingerprint density at radius 3 is 2.20 bits per heavy atom. The zero-order valence-electron chi connectivity index (χ0n) is 28.8. The van der Waals surface area contributed by atoms with Crippen molar-refractivity contribution in [3.63, 3.8) is 0 Å². The smallest absolute Gasteiger partial charge is 0.311 e. The number of ether oxygens (including phenoxy) is 5. The minimum Gasteiger partial charge on any atom is -0.458 e. The molecule has 4 fully saturated rings. The van der Waals surface area contributed by atoms with Crippen molar-refractivity contribution in [2.45, 2.75) is 121 Å². The van der Waals surface area contributed by atoms with Gasteiger partial charge in [-0.2, -0.15) is 0 Å². The summed E-state index contributed by atoms with van der Waals surface area (Å²) in [6.07, 6.45) is -4.24. The first-order chi connectivity index (χ1) is 21.0. The Bertz CT molecular complexity index is 1040. The van der Waals surface area contributed by atoms with Gasteiger partial charge in [0.05, 0.1) is 55.2 Å². The fourth-order valence-corrected chi connectivity index (χ4v) is 8.17. The normalized spacial score (nSPS) is 49.2. The number of fused-ring (bicyclic) bond motifs is 1. The molecule has 4 aliphatic rings. The number of morpholine rings is 1. The number of hydrogen-bond donors (Lipinski definition) is 3. The monoisotopic (exact) mass is 642 g/mol. The number of rotatable bonds is 5. The Balaban J connectivity index is 1.72. The van der Waals surface area contributed by atoms with E-state index >= 15 is 0 Å². The van der Waals surface area contributed by atoms with E-state index in [-0.39, 0.29) is 30.4 Å². The molecule has 3 N–H and O–H groups in total. The zero-order valence-corrected chi connectivity index (χ0v) is 28.8. The number of carbonyl (C=O) groups is 2. The van der Waals surface area contributed by atoms with Gasteiger partial charge in [0.15, 0.2) is 6.29 Å². The van der Waals surface area contributed by atoms with E-state index in [0.29, 0.717) is 13.2 Å². The number of likely N-dealkylation sites (N-methyl/N-ethyl adjacent to an activating group) is 1. The molecule has 3 heterocycles. The van der Waals surface area contributed by atoms with Gasteiger partial charge in [-0.25, -0.2) is 0 Å². The van der Waals surface area contributed by atoms with Crippen LogP contribution in [0, 0.1) is 29.6 Å². The number of esters is 1. The summed E-state index contributed by atoms with van der Waals surface area (Å²) in [5.74, 6) is -4.66. The topological polar surface area (TPSA) is 147 Å². The van der Waals surface area contributed by atoms with E-state index in [0.717, 1.165) is 19.5 Å². The average Bonchev–Trinajstić information content (AvgIpc) is 3.54. The van der Waals surface area contributed by atoms with E-state index in [1.165, 1.54) is 0 Å². The lowest BCUT2D eigenvalue weighted by Crippen LogP contribution is -2.64. The van der Waals surface area contributed by atoms with Crippen LogP contribution in [0.15, 0.2) is 0 Å². The summed E-state index contributed by atoms with van der Waals surface area (Å²) in [4.78, 5) is 31.6. The first-order valence-corrected chi connectivity index (χ1v) is 16.7. The summed E-state index contributed by atoms with van der Waals surface area (Å²) >= 11 is 0. The van der Waals surface area contributed by atoms with Gasteiger partial charge in [0.25, 0.3) is 0 Å². The zero-order chi connectivity index (χ0) is 33.6. The Labute approximate surface area is 268 Å². The van der Waals surface area contributed by atoms with Gasteiger partial charge >= 0.3 is 5.97 Å². The Morgan fingerprint density at radius 2 is 1.62 bits per heavy atom. The second-order valence-electron chi connectivity index (χ2n) is 14.7. The maximum absolute atomic E-state index is 13.7.